The Hall–Kier alpha value is -3.49. The fraction of sp³-hybridized carbons (Fsp3) is 0.250. The molecule has 7 nitrogen and oxygen atoms in total. The number of H-pyrrole nitrogens is 1. The highest BCUT2D eigenvalue weighted by Gasteiger charge is 2.34. The molecular formula is C20H18F2N4O3. The minimum Gasteiger partial charge on any atom is -0.435 e. The van der Waals surface area contributed by atoms with Crippen molar-refractivity contribution >= 4 is 28.4 Å². The Balaban J connectivity index is 1.53. The van der Waals surface area contributed by atoms with Crippen LogP contribution in [-0.4, -0.2) is 52.7 Å². The van der Waals surface area contributed by atoms with E-state index in [0.717, 1.165) is 16.6 Å². The summed E-state index contributed by atoms with van der Waals surface area (Å²) < 4.78 is 29.2. The second-order valence-electron chi connectivity index (χ2n) is 6.83. The Morgan fingerprint density at radius 3 is 2.90 bits per heavy atom. The highest BCUT2D eigenvalue weighted by molar-refractivity contribution is 6.02. The van der Waals surface area contributed by atoms with E-state index in [4.69, 9.17) is 0 Å². The first kappa shape index (κ1) is 18.9. The number of hydrogen-bond donors (Lipinski definition) is 1. The number of halogens is 2. The van der Waals surface area contributed by atoms with Crippen molar-refractivity contribution in [2.24, 2.45) is 0 Å². The summed E-state index contributed by atoms with van der Waals surface area (Å²) in [5.41, 5.74) is 1.73. The minimum atomic E-state index is -2.98. The summed E-state index contributed by atoms with van der Waals surface area (Å²) in [6, 6.07) is 10.9. The number of benzene rings is 2. The standard InChI is InChI=1S/C20H18F2N4O3/c1-12-10-26(15-6-5-14-9-23-24-17(14)8-15)18(27)11-25(12)19(28)13-3-2-4-16(7-13)29-20(21)22/h2-9,12,20H,10-11H2,1H3,(H,23,24). The van der Waals surface area contributed by atoms with E-state index in [9.17, 15) is 18.4 Å². The number of fused-ring (bicyclic) bond motifs is 1. The van der Waals surface area contributed by atoms with Gasteiger partial charge in [-0.05, 0) is 43.3 Å². The first-order chi connectivity index (χ1) is 13.9. The van der Waals surface area contributed by atoms with Gasteiger partial charge in [0.25, 0.3) is 5.91 Å². The Bertz CT molecular complexity index is 1070. The van der Waals surface area contributed by atoms with Crippen LogP contribution in [-0.2, 0) is 4.79 Å². The number of carbonyl (C=O) groups excluding carboxylic acids is 2. The van der Waals surface area contributed by atoms with Gasteiger partial charge in [0, 0.05) is 29.2 Å². The van der Waals surface area contributed by atoms with Crippen molar-refractivity contribution in [3.05, 3.63) is 54.2 Å². The monoisotopic (exact) mass is 400 g/mol. The lowest BCUT2D eigenvalue weighted by Gasteiger charge is -2.39. The molecule has 2 heterocycles. The molecule has 0 aliphatic carbocycles. The number of hydrogen-bond acceptors (Lipinski definition) is 4. The van der Waals surface area contributed by atoms with E-state index in [1.54, 1.807) is 11.1 Å². The summed E-state index contributed by atoms with van der Waals surface area (Å²) in [5, 5.41) is 7.79. The van der Waals surface area contributed by atoms with Crippen molar-refractivity contribution in [3.63, 3.8) is 0 Å². The van der Waals surface area contributed by atoms with Gasteiger partial charge in [0.15, 0.2) is 0 Å². The summed E-state index contributed by atoms with van der Waals surface area (Å²) in [5.74, 6) is -0.735. The number of aromatic amines is 1. The lowest BCUT2D eigenvalue weighted by Crippen LogP contribution is -2.57. The van der Waals surface area contributed by atoms with Gasteiger partial charge in [-0.3, -0.25) is 14.7 Å². The van der Waals surface area contributed by atoms with E-state index < -0.39 is 12.5 Å². The van der Waals surface area contributed by atoms with Crippen molar-refractivity contribution in [1.82, 2.24) is 15.1 Å². The minimum absolute atomic E-state index is 0.101. The topological polar surface area (TPSA) is 78.5 Å². The lowest BCUT2D eigenvalue weighted by molar-refractivity contribution is -0.121. The Morgan fingerprint density at radius 2 is 2.10 bits per heavy atom. The molecule has 0 radical (unpaired) electrons. The van der Waals surface area contributed by atoms with Gasteiger partial charge in [0.05, 0.1) is 11.7 Å². The van der Waals surface area contributed by atoms with Crippen molar-refractivity contribution in [1.29, 1.82) is 0 Å². The molecule has 150 valence electrons. The number of nitrogens with one attached hydrogen (secondary N) is 1. The number of aromatic nitrogens is 2. The molecule has 0 spiro atoms. The molecule has 1 saturated heterocycles. The largest absolute Gasteiger partial charge is 0.435 e. The maximum Gasteiger partial charge on any atom is 0.387 e. The third kappa shape index (κ3) is 3.75. The second-order valence-corrected chi connectivity index (χ2v) is 6.83. The Kier molecular flexibility index (Phi) is 4.87. The zero-order valence-corrected chi connectivity index (χ0v) is 15.5. The van der Waals surface area contributed by atoms with Crippen LogP contribution in [0.4, 0.5) is 14.5 Å². The molecule has 1 unspecified atom stereocenters. The van der Waals surface area contributed by atoms with Crippen LogP contribution in [0.3, 0.4) is 0 Å². The van der Waals surface area contributed by atoms with E-state index in [2.05, 4.69) is 14.9 Å². The Labute approximate surface area is 164 Å². The molecule has 0 saturated carbocycles. The van der Waals surface area contributed by atoms with Crippen LogP contribution in [0.25, 0.3) is 10.9 Å². The smallest absolute Gasteiger partial charge is 0.387 e. The molecule has 9 heteroatoms. The number of anilines is 1. The second kappa shape index (κ2) is 7.50. The fourth-order valence-electron chi connectivity index (χ4n) is 3.44. The van der Waals surface area contributed by atoms with Crippen LogP contribution >= 0.6 is 0 Å². The molecule has 2 aromatic carbocycles. The molecule has 2 amide bonds. The van der Waals surface area contributed by atoms with Crippen LogP contribution < -0.4 is 9.64 Å². The van der Waals surface area contributed by atoms with E-state index >= 15 is 0 Å². The molecule has 1 aliphatic heterocycles. The number of amides is 2. The SMILES string of the molecule is CC1CN(c2ccc3cn[nH]c3c2)C(=O)CN1C(=O)c1cccc(OC(F)F)c1. The molecule has 1 atom stereocenters. The van der Waals surface area contributed by atoms with E-state index in [1.807, 2.05) is 25.1 Å². The molecule has 3 aromatic rings. The van der Waals surface area contributed by atoms with Crippen LogP contribution in [0.2, 0.25) is 0 Å². The fourth-order valence-corrected chi connectivity index (χ4v) is 3.44. The zero-order valence-electron chi connectivity index (χ0n) is 15.5. The van der Waals surface area contributed by atoms with Gasteiger partial charge < -0.3 is 14.5 Å². The van der Waals surface area contributed by atoms with Gasteiger partial charge in [-0.1, -0.05) is 6.07 Å². The van der Waals surface area contributed by atoms with Crippen molar-refractivity contribution in [2.75, 3.05) is 18.0 Å². The lowest BCUT2D eigenvalue weighted by atomic mass is 10.1. The summed E-state index contributed by atoms with van der Waals surface area (Å²) in [4.78, 5) is 28.7. The van der Waals surface area contributed by atoms with Gasteiger partial charge in [0.2, 0.25) is 5.91 Å². The van der Waals surface area contributed by atoms with Gasteiger partial charge >= 0.3 is 6.61 Å². The summed E-state index contributed by atoms with van der Waals surface area (Å²) in [6.07, 6.45) is 1.70. The normalized spacial score (nSPS) is 17.2. The molecule has 1 aliphatic rings. The third-order valence-electron chi connectivity index (χ3n) is 4.89. The van der Waals surface area contributed by atoms with Gasteiger partial charge in [-0.15, -0.1) is 0 Å². The number of nitrogens with zero attached hydrogens (tertiary/aromatic N) is 3. The highest BCUT2D eigenvalue weighted by atomic mass is 19.3. The van der Waals surface area contributed by atoms with Crippen molar-refractivity contribution in [2.45, 2.75) is 19.6 Å². The first-order valence-electron chi connectivity index (χ1n) is 9.02. The third-order valence-corrected chi connectivity index (χ3v) is 4.89. The molecular weight excluding hydrogens is 382 g/mol. The molecule has 4 rings (SSSR count). The summed E-state index contributed by atoms with van der Waals surface area (Å²) in [7, 11) is 0. The zero-order chi connectivity index (χ0) is 20.5. The molecule has 29 heavy (non-hydrogen) atoms. The quantitative estimate of drug-likeness (QED) is 0.730. The predicted molar refractivity (Wildman–Crippen MR) is 102 cm³/mol. The van der Waals surface area contributed by atoms with Crippen LogP contribution in [0, 0.1) is 0 Å². The number of piperazine rings is 1. The summed E-state index contributed by atoms with van der Waals surface area (Å²) in [6.45, 7) is -0.930. The molecule has 1 aromatic heterocycles. The van der Waals surface area contributed by atoms with Crippen LogP contribution in [0.5, 0.6) is 5.75 Å². The average molecular weight is 400 g/mol. The number of rotatable bonds is 4. The highest BCUT2D eigenvalue weighted by Crippen LogP contribution is 2.25. The number of ether oxygens (including phenoxy) is 1. The number of carbonyl (C=O) groups is 2. The Morgan fingerprint density at radius 1 is 1.28 bits per heavy atom. The van der Waals surface area contributed by atoms with Crippen molar-refractivity contribution < 1.29 is 23.1 Å². The molecule has 0 bridgehead atoms. The molecule has 1 N–H and O–H groups in total. The van der Waals surface area contributed by atoms with E-state index in [0.29, 0.717) is 6.54 Å². The van der Waals surface area contributed by atoms with E-state index in [-0.39, 0.29) is 29.8 Å². The molecule has 1 fully saturated rings. The van der Waals surface area contributed by atoms with Crippen LogP contribution in [0.15, 0.2) is 48.7 Å². The van der Waals surface area contributed by atoms with Gasteiger partial charge in [-0.2, -0.15) is 13.9 Å². The van der Waals surface area contributed by atoms with E-state index in [1.165, 1.54) is 29.2 Å². The van der Waals surface area contributed by atoms with Gasteiger partial charge in [0.1, 0.15) is 12.3 Å². The maximum absolute atomic E-state index is 12.9. The van der Waals surface area contributed by atoms with Crippen molar-refractivity contribution in [3.8, 4) is 5.75 Å². The van der Waals surface area contributed by atoms with Gasteiger partial charge in [-0.25, -0.2) is 0 Å². The average Bonchev–Trinajstić information content (AvgIpc) is 3.16. The first-order valence-corrected chi connectivity index (χ1v) is 9.02. The summed E-state index contributed by atoms with van der Waals surface area (Å²) >= 11 is 0. The maximum atomic E-state index is 12.9. The van der Waals surface area contributed by atoms with Crippen LogP contribution in [0.1, 0.15) is 17.3 Å². The predicted octanol–water partition coefficient (Wildman–Crippen LogP) is 3.04. The number of alkyl halides is 2.